The summed E-state index contributed by atoms with van der Waals surface area (Å²) in [7, 11) is 0. The summed E-state index contributed by atoms with van der Waals surface area (Å²) in [5, 5.41) is 19.3. The van der Waals surface area contributed by atoms with Gasteiger partial charge in [0.05, 0.1) is 13.0 Å². The lowest BCUT2D eigenvalue weighted by atomic mass is 10.1. The van der Waals surface area contributed by atoms with Crippen LogP contribution in [0.4, 0.5) is 0 Å². The average molecular weight is 284 g/mol. The number of quaternary nitrogens is 1. The Hall–Kier alpha value is -1.62. The number of aliphatic carboxylic acids is 2. The Morgan fingerprint density at radius 2 is 1.75 bits per heavy atom. The molecule has 0 aliphatic heterocycles. The number of hydrogen-bond acceptors (Lipinski definition) is 2. The van der Waals surface area contributed by atoms with E-state index in [0.717, 1.165) is 12.8 Å². The second-order valence-electron chi connectivity index (χ2n) is 5.22. The molecule has 5 nitrogen and oxygen atoms in total. The summed E-state index contributed by atoms with van der Waals surface area (Å²) in [6.45, 7) is 6.72. The SMILES string of the molecule is CC(C)=CCC/C(C)=C/C[NH2+][C@@H](CCC(=O)O)C(=O)O. The fourth-order valence-electron chi connectivity index (χ4n) is 1.75. The van der Waals surface area contributed by atoms with Crippen LogP contribution in [0.3, 0.4) is 0 Å². The van der Waals surface area contributed by atoms with Gasteiger partial charge in [-0.1, -0.05) is 17.2 Å². The van der Waals surface area contributed by atoms with Crippen LogP contribution in [0.2, 0.25) is 0 Å². The lowest BCUT2D eigenvalue weighted by Gasteiger charge is -2.09. The van der Waals surface area contributed by atoms with Gasteiger partial charge < -0.3 is 15.5 Å². The highest BCUT2D eigenvalue weighted by molar-refractivity contribution is 5.73. The van der Waals surface area contributed by atoms with Crippen molar-refractivity contribution in [2.24, 2.45) is 0 Å². The van der Waals surface area contributed by atoms with Crippen molar-refractivity contribution >= 4 is 11.9 Å². The first kappa shape index (κ1) is 18.4. The molecular weight excluding hydrogens is 258 g/mol. The largest absolute Gasteiger partial charge is 0.481 e. The van der Waals surface area contributed by atoms with E-state index in [9.17, 15) is 9.59 Å². The molecule has 0 aromatic heterocycles. The molecule has 20 heavy (non-hydrogen) atoms. The molecule has 0 bridgehead atoms. The van der Waals surface area contributed by atoms with Crippen molar-refractivity contribution in [2.45, 2.75) is 52.5 Å². The van der Waals surface area contributed by atoms with Gasteiger partial charge in [0.1, 0.15) is 0 Å². The molecule has 0 saturated heterocycles. The third-order valence-electron chi connectivity index (χ3n) is 2.96. The summed E-state index contributed by atoms with van der Waals surface area (Å²) in [4.78, 5) is 21.4. The van der Waals surface area contributed by atoms with Crippen molar-refractivity contribution in [3.63, 3.8) is 0 Å². The highest BCUT2D eigenvalue weighted by atomic mass is 16.4. The summed E-state index contributed by atoms with van der Waals surface area (Å²) in [5.41, 5.74) is 2.52. The van der Waals surface area contributed by atoms with Crippen LogP contribution in [-0.4, -0.2) is 34.7 Å². The molecule has 0 rings (SSSR count). The number of rotatable bonds is 10. The van der Waals surface area contributed by atoms with E-state index in [1.165, 1.54) is 11.1 Å². The summed E-state index contributed by atoms with van der Waals surface area (Å²) in [5.74, 6) is -1.92. The minimum atomic E-state index is -0.960. The van der Waals surface area contributed by atoms with E-state index in [0.29, 0.717) is 6.54 Å². The van der Waals surface area contributed by atoms with Crippen LogP contribution < -0.4 is 5.32 Å². The van der Waals surface area contributed by atoms with Crippen LogP contribution in [0, 0.1) is 0 Å². The fourth-order valence-corrected chi connectivity index (χ4v) is 1.75. The molecule has 4 N–H and O–H groups in total. The molecule has 5 heteroatoms. The Balaban J connectivity index is 4.11. The van der Waals surface area contributed by atoms with Gasteiger partial charge in [-0.05, 0) is 39.7 Å². The molecule has 0 fully saturated rings. The van der Waals surface area contributed by atoms with Gasteiger partial charge in [-0.15, -0.1) is 0 Å². The van der Waals surface area contributed by atoms with Crippen LogP contribution in [0.5, 0.6) is 0 Å². The molecular formula is C15H26NO4+. The first-order valence-corrected chi connectivity index (χ1v) is 6.89. The first-order chi connectivity index (χ1) is 9.32. The second kappa shape index (κ2) is 10.2. The van der Waals surface area contributed by atoms with Crippen molar-refractivity contribution < 1.29 is 25.1 Å². The summed E-state index contributed by atoms with van der Waals surface area (Å²) >= 11 is 0. The Kier molecular flexibility index (Phi) is 9.38. The van der Waals surface area contributed by atoms with Gasteiger partial charge in [-0.3, -0.25) is 4.79 Å². The molecule has 0 saturated carbocycles. The number of nitrogens with two attached hydrogens (primary N) is 1. The smallest absolute Gasteiger partial charge is 0.362 e. The van der Waals surface area contributed by atoms with Crippen LogP contribution in [0.15, 0.2) is 23.3 Å². The molecule has 0 heterocycles. The standard InChI is InChI=1S/C15H25NO4/c1-11(2)5-4-6-12(3)9-10-16-13(15(19)20)7-8-14(17)18/h5,9,13,16H,4,6-8,10H2,1-3H3,(H,17,18)(H,19,20)/p+1/b12-9+/t13-/m0/s1. The maximum Gasteiger partial charge on any atom is 0.362 e. The predicted molar refractivity (Wildman–Crippen MR) is 77.5 cm³/mol. The lowest BCUT2D eigenvalue weighted by molar-refractivity contribution is -0.670. The number of carboxylic acids is 2. The van der Waals surface area contributed by atoms with Crippen LogP contribution in [0.25, 0.3) is 0 Å². The zero-order valence-corrected chi connectivity index (χ0v) is 12.6. The number of allylic oxidation sites excluding steroid dienone is 3. The minimum absolute atomic E-state index is 0.114. The third kappa shape index (κ3) is 10.3. The van der Waals surface area contributed by atoms with Crippen molar-refractivity contribution in [3.8, 4) is 0 Å². The van der Waals surface area contributed by atoms with Gasteiger partial charge in [-0.2, -0.15) is 0 Å². The summed E-state index contributed by atoms with van der Waals surface area (Å²) in [6, 6.07) is -0.687. The van der Waals surface area contributed by atoms with E-state index in [2.05, 4.69) is 19.9 Å². The first-order valence-electron chi connectivity index (χ1n) is 6.89. The van der Waals surface area contributed by atoms with Crippen molar-refractivity contribution in [2.75, 3.05) is 6.54 Å². The van der Waals surface area contributed by atoms with E-state index in [-0.39, 0.29) is 12.8 Å². The van der Waals surface area contributed by atoms with Gasteiger partial charge in [0, 0.05) is 6.42 Å². The van der Waals surface area contributed by atoms with E-state index in [1.807, 2.05) is 13.0 Å². The topological polar surface area (TPSA) is 91.2 Å². The lowest BCUT2D eigenvalue weighted by Crippen LogP contribution is -2.91. The normalized spacial score (nSPS) is 12.8. The maximum atomic E-state index is 11.0. The van der Waals surface area contributed by atoms with Crippen LogP contribution in [0.1, 0.15) is 46.5 Å². The van der Waals surface area contributed by atoms with E-state index in [4.69, 9.17) is 10.2 Å². The fraction of sp³-hybridized carbons (Fsp3) is 0.600. The van der Waals surface area contributed by atoms with Crippen LogP contribution >= 0.6 is 0 Å². The monoisotopic (exact) mass is 284 g/mol. The van der Waals surface area contributed by atoms with E-state index >= 15 is 0 Å². The van der Waals surface area contributed by atoms with Gasteiger partial charge >= 0.3 is 11.9 Å². The van der Waals surface area contributed by atoms with Crippen molar-refractivity contribution in [3.05, 3.63) is 23.3 Å². The third-order valence-corrected chi connectivity index (χ3v) is 2.96. The number of carbonyl (C=O) groups is 2. The molecule has 0 aliphatic carbocycles. The van der Waals surface area contributed by atoms with E-state index < -0.39 is 18.0 Å². The number of hydrogen-bond donors (Lipinski definition) is 3. The molecule has 0 radical (unpaired) electrons. The second-order valence-corrected chi connectivity index (χ2v) is 5.22. The zero-order valence-electron chi connectivity index (χ0n) is 12.6. The Morgan fingerprint density at radius 3 is 2.25 bits per heavy atom. The van der Waals surface area contributed by atoms with Crippen molar-refractivity contribution in [1.82, 2.24) is 0 Å². The van der Waals surface area contributed by atoms with Crippen molar-refractivity contribution in [1.29, 1.82) is 0 Å². The Morgan fingerprint density at radius 1 is 1.10 bits per heavy atom. The number of carboxylic acid groups (broad SMARTS) is 2. The zero-order chi connectivity index (χ0) is 15.5. The Labute approximate surface area is 120 Å². The molecule has 0 unspecified atom stereocenters. The van der Waals surface area contributed by atoms with Gasteiger partial charge in [0.15, 0.2) is 6.04 Å². The Bertz CT molecular complexity index is 381. The predicted octanol–water partition coefficient (Wildman–Crippen LogP) is 1.56. The molecule has 114 valence electrons. The average Bonchev–Trinajstić information content (AvgIpc) is 2.32. The highest BCUT2D eigenvalue weighted by Crippen LogP contribution is 2.05. The molecule has 1 atom stereocenters. The molecule has 0 aromatic rings. The van der Waals surface area contributed by atoms with Gasteiger partial charge in [-0.25, -0.2) is 4.79 Å². The summed E-state index contributed by atoms with van der Waals surface area (Å²) < 4.78 is 0. The molecule has 0 amide bonds. The highest BCUT2D eigenvalue weighted by Gasteiger charge is 2.20. The molecule has 0 spiro atoms. The van der Waals surface area contributed by atoms with Crippen LogP contribution in [-0.2, 0) is 9.59 Å². The van der Waals surface area contributed by atoms with Gasteiger partial charge in [0.2, 0.25) is 0 Å². The molecule has 0 aromatic carbocycles. The van der Waals surface area contributed by atoms with E-state index in [1.54, 1.807) is 5.32 Å². The molecule has 0 aliphatic rings. The minimum Gasteiger partial charge on any atom is -0.481 e. The quantitative estimate of drug-likeness (QED) is 0.531. The summed E-state index contributed by atoms with van der Waals surface area (Å²) in [6.07, 6.45) is 6.17. The maximum absolute atomic E-state index is 11.0. The van der Waals surface area contributed by atoms with Gasteiger partial charge in [0.25, 0.3) is 0 Å².